The first kappa shape index (κ1) is 18.0. The Balaban J connectivity index is 1.28. The number of fused-ring (bicyclic) bond motifs is 12. The van der Waals surface area contributed by atoms with E-state index in [0.717, 1.165) is 0 Å². The fraction of sp³-hybridized carbons (Fsp3) is 0.235. The van der Waals surface area contributed by atoms with Crippen molar-refractivity contribution in [2.24, 2.45) is 0 Å². The van der Waals surface area contributed by atoms with Crippen molar-refractivity contribution in [3.63, 3.8) is 0 Å². The lowest BCUT2D eigenvalue weighted by Crippen LogP contribution is -2.02. The maximum atomic E-state index is 2.48. The lowest BCUT2D eigenvalue weighted by atomic mass is 9.82. The maximum Gasteiger partial charge on any atom is -0.00921 e. The van der Waals surface area contributed by atoms with E-state index in [1.165, 1.54) is 116 Å². The molecule has 0 N–H and O–H groups in total. The van der Waals surface area contributed by atoms with E-state index in [9.17, 15) is 0 Å². The summed E-state index contributed by atoms with van der Waals surface area (Å²) < 4.78 is 0. The minimum absolute atomic E-state index is 1.25. The molecule has 7 aromatic carbocycles. The average molecular weight is 435 g/mol. The molecular weight excluding hydrogens is 408 g/mol. The molecule has 0 aromatic heterocycles. The maximum absolute atomic E-state index is 2.48. The molecule has 2 aliphatic rings. The summed E-state index contributed by atoms with van der Waals surface area (Å²) in [7, 11) is 0. The third-order valence-electron chi connectivity index (χ3n) is 9.19. The minimum Gasteiger partial charge on any atom is -0.0509 e. The smallest absolute Gasteiger partial charge is 0.00921 e. The molecule has 34 heavy (non-hydrogen) atoms. The van der Waals surface area contributed by atoms with Gasteiger partial charge in [-0.25, -0.2) is 0 Å². The van der Waals surface area contributed by atoms with E-state index in [-0.39, 0.29) is 0 Å². The Morgan fingerprint density at radius 1 is 0.265 bits per heavy atom. The van der Waals surface area contributed by atoms with Crippen molar-refractivity contribution in [2.45, 2.75) is 51.4 Å². The van der Waals surface area contributed by atoms with Crippen LogP contribution in [0.2, 0.25) is 0 Å². The predicted molar refractivity (Wildman–Crippen MR) is 147 cm³/mol. The van der Waals surface area contributed by atoms with Crippen molar-refractivity contribution in [3.05, 3.63) is 82.9 Å². The molecule has 0 unspecified atom stereocenters. The molecule has 162 valence electrons. The van der Waals surface area contributed by atoms with Crippen molar-refractivity contribution in [3.8, 4) is 0 Å². The Morgan fingerprint density at radius 2 is 0.500 bits per heavy atom. The zero-order valence-corrected chi connectivity index (χ0v) is 19.4. The highest BCUT2D eigenvalue weighted by Gasteiger charge is 2.19. The Hall–Kier alpha value is -3.38. The summed E-state index contributed by atoms with van der Waals surface area (Å²) in [6.45, 7) is 0. The molecule has 9 rings (SSSR count). The van der Waals surface area contributed by atoms with Crippen LogP contribution in [0.25, 0.3) is 64.6 Å². The molecule has 0 saturated carbocycles. The first-order chi connectivity index (χ1) is 16.8. The quantitative estimate of drug-likeness (QED) is 0.223. The van der Waals surface area contributed by atoms with Crippen LogP contribution in [0, 0.1) is 0 Å². The normalized spacial score (nSPS) is 16.5. The van der Waals surface area contributed by atoms with Gasteiger partial charge in [-0.15, -0.1) is 0 Å². The third-order valence-corrected chi connectivity index (χ3v) is 9.19. The van der Waals surface area contributed by atoms with Crippen LogP contribution in [0.3, 0.4) is 0 Å². The Bertz CT molecular complexity index is 1670. The SMILES string of the molecule is c1c2c(cc3cc4c(cc13)c1cc3c5cc6cc7c(cc6cc5c3cc41)CCCC7)CCCC2. The summed E-state index contributed by atoms with van der Waals surface area (Å²) in [5, 5.41) is 17.3. The van der Waals surface area contributed by atoms with E-state index in [2.05, 4.69) is 60.7 Å². The first-order valence-corrected chi connectivity index (χ1v) is 13.2. The van der Waals surface area contributed by atoms with Crippen LogP contribution >= 0.6 is 0 Å². The van der Waals surface area contributed by atoms with Crippen molar-refractivity contribution >= 4 is 64.6 Å². The summed E-state index contributed by atoms with van der Waals surface area (Å²) in [5.41, 5.74) is 6.33. The van der Waals surface area contributed by atoms with Gasteiger partial charge in [0.15, 0.2) is 0 Å². The fourth-order valence-electron chi connectivity index (χ4n) is 7.34. The summed E-state index contributed by atoms with van der Waals surface area (Å²) in [5.74, 6) is 0. The van der Waals surface area contributed by atoms with Crippen LogP contribution < -0.4 is 0 Å². The van der Waals surface area contributed by atoms with Gasteiger partial charge in [-0.3, -0.25) is 0 Å². The van der Waals surface area contributed by atoms with Crippen LogP contribution in [0.4, 0.5) is 0 Å². The van der Waals surface area contributed by atoms with Gasteiger partial charge in [0.1, 0.15) is 0 Å². The number of hydrogen-bond donors (Lipinski definition) is 0. The molecule has 0 spiro atoms. The van der Waals surface area contributed by atoms with Crippen LogP contribution in [0.15, 0.2) is 60.7 Å². The summed E-state index contributed by atoms with van der Waals surface area (Å²) in [6, 6.07) is 24.7. The highest BCUT2D eigenvalue weighted by molar-refractivity contribution is 6.36. The fourth-order valence-corrected chi connectivity index (χ4v) is 7.34. The highest BCUT2D eigenvalue weighted by atomic mass is 14.2. The lowest BCUT2D eigenvalue weighted by molar-refractivity contribution is 0.687. The van der Waals surface area contributed by atoms with Gasteiger partial charge in [0.05, 0.1) is 0 Å². The Kier molecular flexibility index (Phi) is 3.28. The van der Waals surface area contributed by atoms with E-state index in [1.54, 1.807) is 22.3 Å². The van der Waals surface area contributed by atoms with Crippen molar-refractivity contribution < 1.29 is 0 Å². The molecule has 2 aliphatic carbocycles. The Morgan fingerprint density at radius 3 is 0.765 bits per heavy atom. The van der Waals surface area contributed by atoms with Crippen LogP contribution in [0.5, 0.6) is 0 Å². The average Bonchev–Trinajstić information content (AvgIpc) is 2.87. The van der Waals surface area contributed by atoms with Crippen LogP contribution in [-0.4, -0.2) is 0 Å². The molecule has 7 aromatic rings. The zero-order valence-electron chi connectivity index (χ0n) is 19.4. The van der Waals surface area contributed by atoms with E-state index in [4.69, 9.17) is 0 Å². The summed E-state index contributed by atoms with van der Waals surface area (Å²) >= 11 is 0. The van der Waals surface area contributed by atoms with Gasteiger partial charge in [0.2, 0.25) is 0 Å². The van der Waals surface area contributed by atoms with E-state index < -0.39 is 0 Å². The van der Waals surface area contributed by atoms with Crippen LogP contribution in [0.1, 0.15) is 47.9 Å². The van der Waals surface area contributed by atoms with Gasteiger partial charge in [0.25, 0.3) is 0 Å². The van der Waals surface area contributed by atoms with Gasteiger partial charge in [-0.1, -0.05) is 24.3 Å². The topological polar surface area (TPSA) is 0 Å². The van der Waals surface area contributed by atoms with E-state index in [1.807, 2.05) is 0 Å². The summed E-state index contributed by atoms with van der Waals surface area (Å²) in [4.78, 5) is 0. The molecule has 0 heterocycles. The number of hydrogen-bond acceptors (Lipinski definition) is 0. The van der Waals surface area contributed by atoms with Gasteiger partial charge < -0.3 is 0 Å². The van der Waals surface area contributed by atoms with Gasteiger partial charge in [-0.05, 0) is 175 Å². The van der Waals surface area contributed by atoms with Crippen molar-refractivity contribution in [1.29, 1.82) is 0 Å². The third kappa shape index (κ3) is 2.24. The van der Waals surface area contributed by atoms with Crippen molar-refractivity contribution in [1.82, 2.24) is 0 Å². The Labute approximate surface area is 198 Å². The molecule has 0 atom stereocenters. The molecule has 0 saturated heterocycles. The molecule has 0 radical (unpaired) electrons. The first-order valence-electron chi connectivity index (χ1n) is 13.2. The molecular formula is C34H26. The predicted octanol–water partition coefficient (Wildman–Crippen LogP) is 9.24. The minimum atomic E-state index is 1.25. The molecule has 0 fully saturated rings. The second-order valence-corrected chi connectivity index (χ2v) is 11.1. The largest absolute Gasteiger partial charge is 0.0509 e. The van der Waals surface area contributed by atoms with Gasteiger partial charge in [-0.2, -0.15) is 0 Å². The van der Waals surface area contributed by atoms with Gasteiger partial charge >= 0.3 is 0 Å². The van der Waals surface area contributed by atoms with Gasteiger partial charge in [0, 0.05) is 0 Å². The second kappa shape index (κ2) is 6.19. The molecule has 0 nitrogen and oxygen atoms in total. The van der Waals surface area contributed by atoms with E-state index in [0.29, 0.717) is 0 Å². The van der Waals surface area contributed by atoms with Crippen molar-refractivity contribution in [2.75, 3.05) is 0 Å². The molecule has 0 heteroatoms. The summed E-state index contributed by atoms with van der Waals surface area (Å²) in [6.07, 6.45) is 10.4. The monoisotopic (exact) mass is 434 g/mol. The lowest BCUT2D eigenvalue weighted by Gasteiger charge is -2.21. The molecule has 0 bridgehead atoms. The number of aryl methyl sites for hydroxylation is 4. The standard InChI is InChI=1S/C34H26/c1-2-6-20-10-24-14-28-27(13-23(24)9-19(20)5-1)31-17-33-29-15-25-11-21-7-3-4-8-22(21)12-26(25)16-30(29)34(33)18-32(28)31/h9-18H,1-8H2. The number of rotatable bonds is 0. The highest BCUT2D eigenvalue weighted by Crippen LogP contribution is 2.46. The van der Waals surface area contributed by atoms with Crippen LogP contribution in [-0.2, 0) is 25.7 Å². The zero-order chi connectivity index (χ0) is 22.0. The molecule has 0 aliphatic heterocycles. The number of benzene rings is 5. The van der Waals surface area contributed by atoms with E-state index >= 15 is 0 Å². The second-order valence-electron chi connectivity index (χ2n) is 11.1. The molecule has 0 amide bonds.